The number of ether oxygens (including phenoxy) is 2. The topological polar surface area (TPSA) is 95.3 Å². The second-order valence-corrected chi connectivity index (χ2v) is 5.66. The fraction of sp³-hybridized carbons (Fsp3) is 0.692. The summed E-state index contributed by atoms with van der Waals surface area (Å²) in [6.45, 7) is 8.99. The number of esters is 1. The molecule has 1 rings (SSSR count). The predicted molar refractivity (Wildman–Crippen MR) is 74.7 cm³/mol. The highest BCUT2D eigenvalue weighted by atomic mass is 16.6. The Bertz CT molecular complexity index is 519. The van der Waals surface area contributed by atoms with Gasteiger partial charge in [0.2, 0.25) is 0 Å². The van der Waals surface area contributed by atoms with Gasteiger partial charge in [0.25, 0.3) is 0 Å². The maximum Gasteiger partial charge on any atom is 0.408 e. The molecule has 1 N–H and O–H groups in total. The summed E-state index contributed by atoms with van der Waals surface area (Å²) in [5, 5.41) is 10.3. The van der Waals surface area contributed by atoms with Gasteiger partial charge in [0.1, 0.15) is 11.6 Å². The third-order valence-electron chi connectivity index (χ3n) is 2.75. The largest absolute Gasteiger partial charge is 0.467 e. The van der Waals surface area contributed by atoms with Crippen LogP contribution in [-0.4, -0.2) is 45.8 Å². The second kappa shape index (κ2) is 6.55. The van der Waals surface area contributed by atoms with E-state index in [-0.39, 0.29) is 6.54 Å². The van der Waals surface area contributed by atoms with Crippen LogP contribution in [0, 0.1) is 13.8 Å². The maximum atomic E-state index is 11.8. The molecule has 0 fully saturated rings. The van der Waals surface area contributed by atoms with Crippen molar-refractivity contribution in [2.45, 2.75) is 52.8 Å². The number of nitrogens with zero attached hydrogens (tertiary/aromatic N) is 3. The zero-order valence-corrected chi connectivity index (χ0v) is 13.3. The number of amides is 1. The first-order valence-corrected chi connectivity index (χ1v) is 6.58. The predicted octanol–water partition coefficient (Wildman–Crippen LogP) is 0.961. The highest BCUT2D eigenvalue weighted by Gasteiger charge is 2.26. The van der Waals surface area contributed by atoms with Gasteiger partial charge in [-0.1, -0.05) is 5.21 Å². The number of nitrogens with one attached hydrogen (secondary N) is 1. The first-order valence-electron chi connectivity index (χ1n) is 6.58. The van der Waals surface area contributed by atoms with Crippen LogP contribution >= 0.6 is 0 Å². The van der Waals surface area contributed by atoms with Gasteiger partial charge in [-0.05, 0) is 34.6 Å². The van der Waals surface area contributed by atoms with E-state index in [1.807, 2.05) is 13.8 Å². The number of aryl methyl sites for hydroxylation is 1. The molecule has 21 heavy (non-hydrogen) atoms. The van der Waals surface area contributed by atoms with Crippen molar-refractivity contribution in [2.75, 3.05) is 7.11 Å². The van der Waals surface area contributed by atoms with Crippen LogP contribution in [0.15, 0.2) is 0 Å². The van der Waals surface area contributed by atoms with Crippen LogP contribution in [0.5, 0.6) is 0 Å². The van der Waals surface area contributed by atoms with Gasteiger partial charge in [-0.25, -0.2) is 14.3 Å². The van der Waals surface area contributed by atoms with E-state index in [9.17, 15) is 9.59 Å². The average molecular weight is 298 g/mol. The van der Waals surface area contributed by atoms with Crippen LogP contribution in [-0.2, 0) is 20.8 Å². The minimum atomic E-state index is -0.898. The number of methoxy groups -OCH3 is 1. The molecule has 1 amide bonds. The fourth-order valence-electron chi connectivity index (χ4n) is 1.56. The number of rotatable bonds is 4. The van der Waals surface area contributed by atoms with Crippen LogP contribution in [0.25, 0.3) is 0 Å². The van der Waals surface area contributed by atoms with E-state index in [2.05, 4.69) is 15.6 Å². The number of alkyl carbamates (subject to hydrolysis) is 1. The van der Waals surface area contributed by atoms with Crippen molar-refractivity contribution in [3.05, 3.63) is 11.4 Å². The number of carbonyl (C=O) groups excluding carboxylic acids is 2. The van der Waals surface area contributed by atoms with Gasteiger partial charge in [0.05, 0.1) is 25.0 Å². The van der Waals surface area contributed by atoms with E-state index in [0.717, 1.165) is 11.4 Å². The molecule has 1 atom stereocenters. The number of hydrogen-bond donors (Lipinski definition) is 1. The third kappa shape index (κ3) is 5.05. The summed E-state index contributed by atoms with van der Waals surface area (Å²) >= 11 is 0. The molecule has 8 nitrogen and oxygen atoms in total. The lowest BCUT2D eigenvalue weighted by molar-refractivity contribution is -0.143. The monoisotopic (exact) mass is 298 g/mol. The van der Waals surface area contributed by atoms with Crippen molar-refractivity contribution < 1.29 is 19.1 Å². The quantitative estimate of drug-likeness (QED) is 0.832. The second-order valence-electron chi connectivity index (χ2n) is 5.66. The number of aromatic nitrogens is 3. The van der Waals surface area contributed by atoms with E-state index < -0.39 is 23.7 Å². The van der Waals surface area contributed by atoms with Crippen LogP contribution in [0.4, 0.5) is 4.79 Å². The lowest BCUT2D eigenvalue weighted by Gasteiger charge is -2.22. The molecule has 0 unspecified atom stereocenters. The molecule has 118 valence electrons. The standard InChI is InChI=1S/C13H22N4O4/c1-8-9(2)17(16-15-8)7-10(11(18)20-6)14-12(19)21-13(3,4)5/h10H,7H2,1-6H3,(H,14,19)/t10-/m0/s1. The zero-order chi connectivity index (χ0) is 16.2. The Morgan fingerprint density at radius 2 is 1.95 bits per heavy atom. The SMILES string of the molecule is COC(=O)[C@H](Cn1nnc(C)c1C)NC(=O)OC(C)(C)C. The zero-order valence-electron chi connectivity index (χ0n) is 13.3. The van der Waals surface area contributed by atoms with Crippen molar-refractivity contribution in [3.63, 3.8) is 0 Å². The Morgan fingerprint density at radius 1 is 1.33 bits per heavy atom. The molecule has 0 bridgehead atoms. The molecule has 0 spiro atoms. The Labute approximate surface area is 123 Å². The molecular formula is C13H22N4O4. The van der Waals surface area contributed by atoms with Crippen LogP contribution in [0.2, 0.25) is 0 Å². The fourth-order valence-corrected chi connectivity index (χ4v) is 1.56. The molecule has 0 aliphatic carbocycles. The third-order valence-corrected chi connectivity index (χ3v) is 2.75. The van der Waals surface area contributed by atoms with Crippen LogP contribution in [0.3, 0.4) is 0 Å². The molecule has 0 saturated carbocycles. The highest BCUT2D eigenvalue weighted by Crippen LogP contribution is 2.08. The van der Waals surface area contributed by atoms with Gasteiger partial charge in [-0.2, -0.15) is 0 Å². The highest BCUT2D eigenvalue weighted by molar-refractivity contribution is 5.81. The van der Waals surface area contributed by atoms with Gasteiger partial charge in [0, 0.05) is 0 Å². The lowest BCUT2D eigenvalue weighted by Crippen LogP contribution is -2.46. The van der Waals surface area contributed by atoms with Crippen molar-refractivity contribution in [2.24, 2.45) is 0 Å². The van der Waals surface area contributed by atoms with Gasteiger partial charge >= 0.3 is 12.1 Å². The van der Waals surface area contributed by atoms with E-state index in [0.29, 0.717) is 0 Å². The minimum Gasteiger partial charge on any atom is -0.467 e. The van der Waals surface area contributed by atoms with Crippen LogP contribution in [0.1, 0.15) is 32.2 Å². The van der Waals surface area contributed by atoms with E-state index in [4.69, 9.17) is 9.47 Å². The minimum absolute atomic E-state index is 0.124. The Balaban J connectivity index is 2.80. The van der Waals surface area contributed by atoms with E-state index >= 15 is 0 Å². The summed E-state index contributed by atoms with van der Waals surface area (Å²) in [5.74, 6) is -0.576. The molecule has 0 radical (unpaired) electrons. The van der Waals surface area contributed by atoms with Crippen molar-refractivity contribution >= 4 is 12.1 Å². The summed E-state index contributed by atoms with van der Waals surface area (Å²) in [6, 6.07) is -0.898. The van der Waals surface area contributed by atoms with Crippen molar-refractivity contribution in [1.29, 1.82) is 0 Å². The Hall–Kier alpha value is -2.12. The molecule has 0 saturated heterocycles. The summed E-state index contributed by atoms with van der Waals surface area (Å²) in [6.07, 6.45) is -0.688. The molecule has 1 aromatic rings. The average Bonchev–Trinajstić information content (AvgIpc) is 2.66. The first kappa shape index (κ1) is 16.9. The molecule has 0 aromatic carbocycles. The summed E-state index contributed by atoms with van der Waals surface area (Å²) < 4.78 is 11.4. The summed E-state index contributed by atoms with van der Waals surface area (Å²) in [5.41, 5.74) is 0.926. The van der Waals surface area contributed by atoms with Crippen molar-refractivity contribution in [3.8, 4) is 0 Å². The van der Waals surface area contributed by atoms with Crippen LogP contribution < -0.4 is 5.32 Å². The molecule has 8 heteroatoms. The molecular weight excluding hydrogens is 276 g/mol. The summed E-state index contributed by atoms with van der Waals surface area (Å²) in [4.78, 5) is 23.6. The summed E-state index contributed by atoms with van der Waals surface area (Å²) in [7, 11) is 1.26. The van der Waals surface area contributed by atoms with Gasteiger partial charge < -0.3 is 14.8 Å². The molecule has 0 aliphatic rings. The molecule has 1 heterocycles. The molecule has 0 aliphatic heterocycles. The Morgan fingerprint density at radius 3 is 2.38 bits per heavy atom. The number of hydrogen-bond acceptors (Lipinski definition) is 6. The van der Waals surface area contributed by atoms with Gasteiger partial charge in [-0.3, -0.25) is 0 Å². The molecule has 1 aromatic heterocycles. The van der Waals surface area contributed by atoms with Gasteiger partial charge in [0.15, 0.2) is 0 Å². The maximum absolute atomic E-state index is 11.8. The Kier molecular flexibility index (Phi) is 5.28. The van der Waals surface area contributed by atoms with E-state index in [1.165, 1.54) is 11.8 Å². The lowest BCUT2D eigenvalue weighted by atomic mass is 10.2. The van der Waals surface area contributed by atoms with E-state index in [1.54, 1.807) is 20.8 Å². The normalized spacial score (nSPS) is 12.7. The van der Waals surface area contributed by atoms with Gasteiger partial charge in [-0.15, -0.1) is 5.10 Å². The van der Waals surface area contributed by atoms with Crippen molar-refractivity contribution in [1.82, 2.24) is 20.3 Å². The smallest absolute Gasteiger partial charge is 0.408 e. The number of carbonyl (C=O) groups is 2. The first-order chi connectivity index (χ1) is 9.64.